The SMILES string of the molecule is O=C(O)c1csc([C@H]2CC[C@@H]3[C@@H](/C=C/[C@@H](O)COc4cc#ccc4)[C@H](O)C[C@@H]3OC2)n1. The smallest absolute Gasteiger partial charge is 0.355 e. The number of fused-ring (bicyclic) bond motifs is 1. The second-order valence-corrected chi connectivity index (χ2v) is 8.89. The van der Waals surface area contributed by atoms with Gasteiger partial charge in [0.25, 0.3) is 0 Å². The average molecular weight is 444 g/mol. The third-order valence-corrected chi connectivity index (χ3v) is 6.95. The summed E-state index contributed by atoms with van der Waals surface area (Å²) in [6.45, 7) is 0.582. The van der Waals surface area contributed by atoms with Crippen LogP contribution in [0.15, 0.2) is 35.7 Å². The maximum atomic E-state index is 11.1. The van der Waals surface area contributed by atoms with Crippen molar-refractivity contribution in [1.29, 1.82) is 0 Å². The molecule has 0 radical (unpaired) electrons. The lowest BCUT2D eigenvalue weighted by Crippen LogP contribution is -2.22. The van der Waals surface area contributed by atoms with E-state index < -0.39 is 18.2 Å². The Bertz CT molecular complexity index is 900. The standard InChI is InChI=1S/C23H25NO6S/c25-15(12-29-16-4-2-1-3-5-16)7-9-17-18-8-6-14(11-30-21(18)10-20(17)26)22-24-19(13-31-22)23(27)28/h2,4-5,7,9,13-15,17-18,20-21,25-26H,6,8,10-12H2,(H,27,28)/b9-7+/t14-,15+,17+,18+,20+,21-/m0/s1. The molecule has 4 rings (SSSR count). The molecule has 7 nitrogen and oxygen atoms in total. The molecular formula is C23H25NO6S. The van der Waals surface area contributed by atoms with Crippen molar-refractivity contribution in [3.05, 3.63) is 58.6 Å². The van der Waals surface area contributed by atoms with E-state index >= 15 is 0 Å². The largest absolute Gasteiger partial charge is 0.490 e. The lowest BCUT2D eigenvalue weighted by molar-refractivity contribution is 0.0286. The van der Waals surface area contributed by atoms with Gasteiger partial charge in [-0.2, -0.15) is 0 Å². The number of thiazole rings is 1. The van der Waals surface area contributed by atoms with E-state index in [2.05, 4.69) is 17.1 Å². The molecule has 2 aliphatic rings. The van der Waals surface area contributed by atoms with Gasteiger partial charge in [-0.15, -0.1) is 11.3 Å². The van der Waals surface area contributed by atoms with E-state index in [0.717, 1.165) is 17.8 Å². The molecule has 0 bridgehead atoms. The second-order valence-electron chi connectivity index (χ2n) is 8.00. The fourth-order valence-electron chi connectivity index (χ4n) is 4.35. The van der Waals surface area contributed by atoms with Crippen molar-refractivity contribution < 1.29 is 29.6 Å². The van der Waals surface area contributed by atoms with Gasteiger partial charge in [0.15, 0.2) is 5.69 Å². The Morgan fingerprint density at radius 1 is 1.42 bits per heavy atom. The van der Waals surface area contributed by atoms with Gasteiger partial charge in [0, 0.05) is 29.7 Å². The fraction of sp³-hybridized carbons (Fsp3) is 0.478. The van der Waals surface area contributed by atoms with E-state index in [9.17, 15) is 15.0 Å². The third-order valence-electron chi connectivity index (χ3n) is 5.95. The summed E-state index contributed by atoms with van der Waals surface area (Å²) in [5.41, 5.74) is 0.0726. The van der Waals surface area contributed by atoms with Crippen LogP contribution < -0.4 is 4.74 Å². The Morgan fingerprint density at radius 3 is 3.03 bits per heavy atom. The summed E-state index contributed by atoms with van der Waals surface area (Å²) in [6, 6.07) is 10.7. The molecule has 1 aliphatic heterocycles. The Morgan fingerprint density at radius 2 is 2.29 bits per heavy atom. The minimum Gasteiger partial charge on any atom is -0.490 e. The first-order chi connectivity index (χ1) is 15.0. The molecule has 164 valence electrons. The van der Waals surface area contributed by atoms with Crippen LogP contribution in [0.1, 0.15) is 40.7 Å². The highest BCUT2D eigenvalue weighted by molar-refractivity contribution is 7.09. The quantitative estimate of drug-likeness (QED) is 0.565. The van der Waals surface area contributed by atoms with Crippen LogP contribution in [0.5, 0.6) is 5.75 Å². The molecule has 2 aromatic rings. The number of aliphatic hydroxyl groups excluding tert-OH is 2. The Kier molecular flexibility index (Phi) is 6.88. The van der Waals surface area contributed by atoms with Gasteiger partial charge in [0.05, 0.1) is 23.8 Å². The molecule has 1 aliphatic carbocycles. The van der Waals surface area contributed by atoms with Crippen molar-refractivity contribution in [2.75, 3.05) is 13.2 Å². The maximum Gasteiger partial charge on any atom is 0.355 e. The van der Waals surface area contributed by atoms with Gasteiger partial charge in [-0.3, -0.25) is 0 Å². The average Bonchev–Trinajstić information content (AvgIpc) is 3.31. The van der Waals surface area contributed by atoms with Crippen molar-refractivity contribution >= 4 is 17.3 Å². The molecule has 2 fully saturated rings. The number of carbonyl (C=O) groups is 1. The number of aromatic carboxylic acids is 1. The van der Waals surface area contributed by atoms with Crippen LogP contribution in [-0.2, 0) is 4.74 Å². The lowest BCUT2D eigenvalue weighted by atomic mass is 9.87. The van der Waals surface area contributed by atoms with Crippen molar-refractivity contribution in [3.63, 3.8) is 0 Å². The number of ether oxygens (including phenoxy) is 2. The second kappa shape index (κ2) is 9.79. The van der Waals surface area contributed by atoms with Gasteiger partial charge >= 0.3 is 5.97 Å². The van der Waals surface area contributed by atoms with Crippen LogP contribution in [0.4, 0.5) is 0 Å². The minimum atomic E-state index is -1.02. The van der Waals surface area contributed by atoms with Crippen LogP contribution >= 0.6 is 11.3 Å². The topological polar surface area (TPSA) is 109 Å². The summed E-state index contributed by atoms with van der Waals surface area (Å²) >= 11 is 1.35. The van der Waals surface area contributed by atoms with Gasteiger partial charge in [0.2, 0.25) is 0 Å². The van der Waals surface area contributed by atoms with E-state index in [-0.39, 0.29) is 36.2 Å². The number of hydrogen-bond acceptors (Lipinski definition) is 7. The number of carboxylic acid groups (broad SMARTS) is 1. The number of nitrogens with zero attached hydrogens (tertiary/aromatic N) is 1. The van der Waals surface area contributed by atoms with Crippen LogP contribution in [0.3, 0.4) is 0 Å². The van der Waals surface area contributed by atoms with E-state index in [1.807, 2.05) is 6.08 Å². The van der Waals surface area contributed by atoms with Crippen LogP contribution in [0, 0.1) is 24.0 Å². The van der Waals surface area contributed by atoms with E-state index in [1.165, 1.54) is 11.3 Å². The Labute approximate surface area is 185 Å². The summed E-state index contributed by atoms with van der Waals surface area (Å²) in [5, 5.41) is 32.2. The zero-order chi connectivity index (χ0) is 21.8. The van der Waals surface area contributed by atoms with Crippen molar-refractivity contribution in [2.24, 2.45) is 11.8 Å². The molecule has 3 N–H and O–H groups in total. The van der Waals surface area contributed by atoms with Crippen LogP contribution in [0.25, 0.3) is 0 Å². The highest BCUT2D eigenvalue weighted by Crippen LogP contribution is 2.43. The van der Waals surface area contributed by atoms with Gasteiger partial charge < -0.3 is 24.8 Å². The lowest BCUT2D eigenvalue weighted by Gasteiger charge is -2.21. The summed E-state index contributed by atoms with van der Waals surface area (Å²) in [5.74, 6) is -0.312. The molecule has 31 heavy (non-hydrogen) atoms. The Balaban J connectivity index is 1.35. The highest BCUT2D eigenvalue weighted by atomic mass is 32.1. The normalized spacial score (nSPS) is 29.2. The molecule has 6 atom stereocenters. The van der Waals surface area contributed by atoms with Gasteiger partial charge in [0.1, 0.15) is 18.5 Å². The summed E-state index contributed by atoms with van der Waals surface area (Å²) in [7, 11) is 0. The van der Waals surface area contributed by atoms with Crippen molar-refractivity contribution in [1.82, 2.24) is 4.98 Å². The van der Waals surface area contributed by atoms with E-state index in [0.29, 0.717) is 18.8 Å². The first kappa shape index (κ1) is 21.8. The maximum absolute atomic E-state index is 11.1. The fourth-order valence-corrected chi connectivity index (χ4v) is 5.26. The van der Waals surface area contributed by atoms with Gasteiger partial charge in [-0.1, -0.05) is 24.3 Å². The molecule has 1 aromatic heterocycles. The molecule has 8 heteroatoms. The number of rotatable bonds is 7. The molecule has 0 unspecified atom stereocenters. The molecule has 0 spiro atoms. The predicted molar refractivity (Wildman–Crippen MR) is 113 cm³/mol. The van der Waals surface area contributed by atoms with Gasteiger partial charge in [-0.05, 0) is 30.9 Å². The van der Waals surface area contributed by atoms with Gasteiger partial charge in [-0.25, -0.2) is 9.78 Å². The number of aromatic nitrogens is 1. The number of aliphatic hydroxyl groups is 2. The van der Waals surface area contributed by atoms with Crippen LogP contribution in [0.2, 0.25) is 0 Å². The first-order valence-corrected chi connectivity index (χ1v) is 11.2. The zero-order valence-corrected chi connectivity index (χ0v) is 17.7. The molecule has 1 saturated heterocycles. The predicted octanol–water partition coefficient (Wildman–Crippen LogP) is 2.70. The molecular weight excluding hydrogens is 418 g/mol. The highest BCUT2D eigenvalue weighted by Gasteiger charge is 2.43. The zero-order valence-electron chi connectivity index (χ0n) is 16.9. The molecule has 1 saturated carbocycles. The van der Waals surface area contributed by atoms with E-state index in [4.69, 9.17) is 14.6 Å². The first-order valence-electron chi connectivity index (χ1n) is 10.4. The summed E-state index contributed by atoms with van der Waals surface area (Å²) in [6.07, 6.45) is 4.39. The molecule has 1 aromatic carbocycles. The van der Waals surface area contributed by atoms with E-state index in [1.54, 1.807) is 29.7 Å². The van der Waals surface area contributed by atoms with Crippen LogP contribution in [-0.4, -0.2) is 57.8 Å². The third kappa shape index (κ3) is 5.25. The number of hydrogen-bond donors (Lipinski definition) is 3. The minimum absolute atomic E-state index is 0.0574. The van der Waals surface area contributed by atoms with Crippen molar-refractivity contribution in [2.45, 2.75) is 43.5 Å². The Hall–Kier alpha value is -2.44. The number of carboxylic acids is 1. The summed E-state index contributed by atoms with van der Waals surface area (Å²) in [4.78, 5) is 15.3. The summed E-state index contributed by atoms with van der Waals surface area (Å²) < 4.78 is 11.6. The molecule has 0 amide bonds. The molecule has 2 heterocycles. The monoisotopic (exact) mass is 443 g/mol. The van der Waals surface area contributed by atoms with Crippen molar-refractivity contribution in [3.8, 4) is 5.75 Å².